The van der Waals surface area contributed by atoms with Crippen molar-refractivity contribution in [3.63, 3.8) is 0 Å². The average molecular weight is 317 g/mol. The number of phenolic OH excluding ortho intramolecular Hbond substituents is 1. The Labute approximate surface area is 133 Å². The van der Waals surface area contributed by atoms with E-state index < -0.39 is 4.92 Å². The minimum Gasteiger partial charge on any atom is -0.507 e. The van der Waals surface area contributed by atoms with Crippen LogP contribution in [0, 0.1) is 27.4 Å². The summed E-state index contributed by atoms with van der Waals surface area (Å²) in [6.07, 6.45) is 5.74. The van der Waals surface area contributed by atoms with Crippen molar-refractivity contribution in [3.8, 4) is 5.75 Å². The smallest absolute Gasteiger partial charge is 0.270 e. The third-order valence-corrected chi connectivity index (χ3v) is 5.21. The molecule has 0 bridgehead atoms. The van der Waals surface area contributed by atoms with Crippen LogP contribution in [0.2, 0.25) is 0 Å². The SMILES string of the molecule is C[C@]12CCCC[C@H]1[C@@H]2C(=O)N/N=C\c1cc([N+](=O)[O-])ccc1O. The van der Waals surface area contributed by atoms with Crippen LogP contribution in [0.1, 0.15) is 38.2 Å². The molecule has 0 unspecified atom stereocenters. The number of rotatable bonds is 4. The molecule has 3 rings (SSSR count). The van der Waals surface area contributed by atoms with E-state index in [-0.39, 0.29) is 34.2 Å². The Balaban J connectivity index is 1.64. The van der Waals surface area contributed by atoms with Crippen LogP contribution in [0.4, 0.5) is 5.69 Å². The monoisotopic (exact) mass is 317 g/mol. The lowest BCUT2D eigenvalue weighted by molar-refractivity contribution is -0.384. The number of nitrogens with zero attached hydrogens (tertiary/aromatic N) is 2. The minimum absolute atomic E-state index is 0.000793. The van der Waals surface area contributed by atoms with Crippen molar-refractivity contribution in [3.05, 3.63) is 33.9 Å². The first-order valence-electron chi connectivity index (χ1n) is 7.74. The number of fused-ring (bicyclic) bond motifs is 1. The molecular weight excluding hydrogens is 298 g/mol. The Morgan fingerprint density at radius 1 is 1.52 bits per heavy atom. The van der Waals surface area contributed by atoms with Crippen LogP contribution in [-0.4, -0.2) is 22.2 Å². The number of aromatic hydroxyl groups is 1. The van der Waals surface area contributed by atoms with Crippen molar-refractivity contribution in [2.45, 2.75) is 32.6 Å². The quantitative estimate of drug-likeness (QED) is 0.506. The molecule has 2 saturated carbocycles. The normalized spacial score (nSPS) is 29.1. The molecule has 23 heavy (non-hydrogen) atoms. The van der Waals surface area contributed by atoms with E-state index in [9.17, 15) is 20.0 Å². The highest BCUT2D eigenvalue weighted by molar-refractivity contribution is 5.87. The van der Waals surface area contributed by atoms with Gasteiger partial charge in [-0.3, -0.25) is 14.9 Å². The number of non-ortho nitro benzene ring substituents is 1. The lowest BCUT2D eigenvalue weighted by Gasteiger charge is -2.15. The van der Waals surface area contributed by atoms with Gasteiger partial charge in [0, 0.05) is 23.6 Å². The second kappa shape index (κ2) is 5.64. The summed E-state index contributed by atoms with van der Waals surface area (Å²) in [6, 6.07) is 3.65. The third kappa shape index (κ3) is 2.78. The van der Waals surface area contributed by atoms with Crippen molar-refractivity contribution in [1.29, 1.82) is 0 Å². The zero-order chi connectivity index (χ0) is 16.6. The largest absolute Gasteiger partial charge is 0.507 e. The van der Waals surface area contributed by atoms with Crippen LogP contribution in [0.3, 0.4) is 0 Å². The van der Waals surface area contributed by atoms with Crippen LogP contribution < -0.4 is 5.43 Å². The van der Waals surface area contributed by atoms with Crippen LogP contribution in [0.5, 0.6) is 5.75 Å². The number of amides is 1. The van der Waals surface area contributed by atoms with Crippen LogP contribution in [0.15, 0.2) is 23.3 Å². The van der Waals surface area contributed by atoms with Crippen molar-refractivity contribution >= 4 is 17.8 Å². The van der Waals surface area contributed by atoms with E-state index in [0.717, 1.165) is 12.8 Å². The molecule has 1 aromatic rings. The van der Waals surface area contributed by atoms with Gasteiger partial charge < -0.3 is 5.11 Å². The predicted octanol–water partition coefficient (Wildman–Crippen LogP) is 2.58. The first-order chi connectivity index (χ1) is 10.9. The van der Waals surface area contributed by atoms with E-state index in [0.29, 0.717) is 5.92 Å². The summed E-state index contributed by atoms with van der Waals surface area (Å²) in [4.78, 5) is 22.4. The molecule has 7 heteroatoms. The Bertz CT molecular complexity index is 688. The summed E-state index contributed by atoms with van der Waals surface area (Å²) in [7, 11) is 0. The van der Waals surface area contributed by atoms with Crippen molar-refractivity contribution in [1.82, 2.24) is 5.43 Å². The summed E-state index contributed by atoms with van der Waals surface area (Å²) in [5.41, 5.74) is 2.65. The predicted molar refractivity (Wildman–Crippen MR) is 84.1 cm³/mol. The fourth-order valence-corrected chi connectivity index (χ4v) is 3.84. The van der Waals surface area contributed by atoms with E-state index in [4.69, 9.17) is 0 Å². The molecule has 3 atom stereocenters. The topological polar surface area (TPSA) is 105 Å². The maximum Gasteiger partial charge on any atom is 0.270 e. The van der Waals surface area contributed by atoms with Gasteiger partial charge in [0.1, 0.15) is 5.75 Å². The molecule has 2 N–H and O–H groups in total. The number of carbonyl (C=O) groups is 1. The van der Waals surface area contributed by atoms with E-state index in [1.165, 1.54) is 37.3 Å². The molecule has 122 valence electrons. The van der Waals surface area contributed by atoms with Crippen molar-refractivity contribution in [2.75, 3.05) is 0 Å². The third-order valence-electron chi connectivity index (χ3n) is 5.21. The molecule has 0 saturated heterocycles. The average Bonchev–Trinajstić information content (AvgIpc) is 3.14. The number of benzene rings is 1. The van der Waals surface area contributed by atoms with Gasteiger partial charge in [-0.2, -0.15) is 5.10 Å². The zero-order valence-corrected chi connectivity index (χ0v) is 12.9. The number of hydrazone groups is 1. The summed E-state index contributed by atoms with van der Waals surface area (Å²) in [5.74, 6) is 0.208. The highest BCUT2D eigenvalue weighted by Crippen LogP contribution is 2.66. The van der Waals surface area contributed by atoms with Crippen LogP contribution in [-0.2, 0) is 4.79 Å². The van der Waals surface area contributed by atoms with Gasteiger partial charge in [0.25, 0.3) is 5.69 Å². The van der Waals surface area contributed by atoms with Crippen molar-refractivity contribution in [2.24, 2.45) is 22.4 Å². The lowest BCUT2D eigenvalue weighted by Crippen LogP contribution is -2.22. The van der Waals surface area contributed by atoms with Gasteiger partial charge in [0.05, 0.1) is 11.1 Å². The minimum atomic E-state index is -0.551. The lowest BCUT2D eigenvalue weighted by atomic mass is 9.90. The molecule has 1 amide bonds. The molecule has 0 spiro atoms. The van der Waals surface area contributed by atoms with E-state index in [1.54, 1.807) is 0 Å². The number of nitrogens with one attached hydrogen (secondary N) is 1. The van der Waals surface area contributed by atoms with Gasteiger partial charge >= 0.3 is 0 Å². The fraction of sp³-hybridized carbons (Fsp3) is 0.500. The summed E-state index contributed by atoms with van der Waals surface area (Å²) >= 11 is 0. The van der Waals surface area contributed by atoms with Crippen LogP contribution >= 0.6 is 0 Å². The molecule has 7 nitrogen and oxygen atoms in total. The van der Waals surface area contributed by atoms with E-state index in [2.05, 4.69) is 17.5 Å². The van der Waals surface area contributed by atoms with Gasteiger partial charge in [-0.15, -0.1) is 0 Å². The van der Waals surface area contributed by atoms with Gasteiger partial charge in [0.15, 0.2) is 0 Å². The standard InChI is InChI=1S/C16H19N3O4/c1-16-7-3-2-4-12(16)14(16)15(21)18-17-9-10-8-11(19(22)23)5-6-13(10)20/h5-6,8-9,12,14,20H,2-4,7H2,1H3,(H,18,21)/b17-9-/t12-,14+,16-/m0/s1. The highest BCUT2D eigenvalue weighted by Gasteiger charge is 2.64. The first-order valence-corrected chi connectivity index (χ1v) is 7.74. The number of nitro benzene ring substituents is 1. The maximum absolute atomic E-state index is 12.2. The van der Waals surface area contributed by atoms with Gasteiger partial charge in [-0.1, -0.05) is 19.8 Å². The fourth-order valence-electron chi connectivity index (χ4n) is 3.84. The van der Waals surface area contributed by atoms with Gasteiger partial charge in [0.2, 0.25) is 5.91 Å². The Morgan fingerprint density at radius 2 is 2.30 bits per heavy atom. The highest BCUT2D eigenvalue weighted by atomic mass is 16.6. The second-order valence-electron chi connectivity index (χ2n) is 6.57. The van der Waals surface area contributed by atoms with E-state index >= 15 is 0 Å². The molecule has 0 aromatic heterocycles. The number of phenols is 1. The molecule has 0 aliphatic heterocycles. The molecule has 0 heterocycles. The molecule has 1 aromatic carbocycles. The number of carbonyl (C=O) groups excluding carboxylic acids is 1. The van der Waals surface area contributed by atoms with Gasteiger partial charge in [-0.05, 0) is 30.2 Å². The summed E-state index contributed by atoms with van der Waals surface area (Å²) in [5, 5.41) is 24.3. The Kier molecular flexibility index (Phi) is 3.79. The second-order valence-corrected chi connectivity index (χ2v) is 6.57. The Hall–Kier alpha value is -2.44. The summed E-state index contributed by atoms with van der Waals surface area (Å²) < 4.78 is 0. The number of hydrogen-bond donors (Lipinski definition) is 2. The van der Waals surface area contributed by atoms with E-state index in [1.807, 2.05) is 0 Å². The van der Waals surface area contributed by atoms with Crippen LogP contribution in [0.25, 0.3) is 0 Å². The van der Waals surface area contributed by atoms with Crippen molar-refractivity contribution < 1.29 is 14.8 Å². The molecule has 2 aliphatic carbocycles. The summed E-state index contributed by atoms with van der Waals surface area (Å²) in [6.45, 7) is 2.15. The molecule has 2 aliphatic rings. The maximum atomic E-state index is 12.2. The molecule has 2 fully saturated rings. The molecular formula is C16H19N3O4. The number of hydrogen-bond acceptors (Lipinski definition) is 5. The van der Waals surface area contributed by atoms with Gasteiger partial charge in [-0.25, -0.2) is 5.43 Å². The number of nitro groups is 1. The first kappa shape index (κ1) is 15.5. The molecule has 0 radical (unpaired) electrons. The Morgan fingerprint density at radius 3 is 2.96 bits per heavy atom. The zero-order valence-electron chi connectivity index (χ0n) is 12.9.